The standard InChI is InChI=1S/C20H14BrF/c21-20-10-9-14(22)11-13(20)12-19-17-7-3-1-5-15(17)16-6-2-4-8-18(16)19/h1-11,19H,12H2. The van der Waals surface area contributed by atoms with Gasteiger partial charge in [-0.3, -0.25) is 0 Å². The molecular formula is C20H14BrF. The van der Waals surface area contributed by atoms with E-state index in [1.165, 1.54) is 28.3 Å². The van der Waals surface area contributed by atoms with Crippen molar-refractivity contribution in [1.29, 1.82) is 0 Å². The highest BCUT2D eigenvalue weighted by molar-refractivity contribution is 9.10. The monoisotopic (exact) mass is 352 g/mol. The van der Waals surface area contributed by atoms with Gasteiger partial charge in [0, 0.05) is 10.4 Å². The molecule has 4 rings (SSSR count). The minimum Gasteiger partial charge on any atom is -0.207 e. The summed E-state index contributed by atoms with van der Waals surface area (Å²) in [5.74, 6) is 0.100. The summed E-state index contributed by atoms with van der Waals surface area (Å²) in [6, 6.07) is 22.0. The second kappa shape index (κ2) is 5.36. The van der Waals surface area contributed by atoms with Crippen molar-refractivity contribution in [2.24, 2.45) is 0 Å². The fraction of sp³-hybridized carbons (Fsp3) is 0.100. The molecule has 0 saturated carbocycles. The molecular weight excluding hydrogens is 339 g/mol. The molecule has 1 aliphatic carbocycles. The lowest BCUT2D eigenvalue weighted by atomic mass is 9.90. The highest BCUT2D eigenvalue weighted by atomic mass is 79.9. The molecule has 1 aliphatic rings. The van der Waals surface area contributed by atoms with Crippen LogP contribution in [-0.4, -0.2) is 0 Å². The molecule has 3 aromatic rings. The number of hydrogen-bond acceptors (Lipinski definition) is 0. The maximum Gasteiger partial charge on any atom is 0.123 e. The number of rotatable bonds is 2. The molecule has 0 fully saturated rings. The van der Waals surface area contributed by atoms with Gasteiger partial charge in [0.05, 0.1) is 0 Å². The van der Waals surface area contributed by atoms with Gasteiger partial charge in [0.15, 0.2) is 0 Å². The first kappa shape index (κ1) is 13.7. The Balaban J connectivity index is 1.83. The van der Waals surface area contributed by atoms with E-state index in [0.29, 0.717) is 0 Å². The van der Waals surface area contributed by atoms with Crippen molar-refractivity contribution in [3.63, 3.8) is 0 Å². The summed E-state index contributed by atoms with van der Waals surface area (Å²) >= 11 is 3.55. The van der Waals surface area contributed by atoms with Crippen LogP contribution in [0.3, 0.4) is 0 Å². The Bertz CT molecular complexity index is 808. The molecule has 0 amide bonds. The lowest BCUT2D eigenvalue weighted by molar-refractivity contribution is 0.623. The second-order valence-corrected chi connectivity index (χ2v) is 6.52. The van der Waals surface area contributed by atoms with Gasteiger partial charge in [-0.15, -0.1) is 0 Å². The summed E-state index contributed by atoms with van der Waals surface area (Å²) in [5.41, 5.74) is 6.28. The van der Waals surface area contributed by atoms with Gasteiger partial charge in [-0.25, -0.2) is 4.39 Å². The first-order valence-corrected chi connectivity index (χ1v) is 8.15. The predicted octanol–water partition coefficient (Wildman–Crippen LogP) is 5.94. The Labute approximate surface area is 137 Å². The minimum absolute atomic E-state index is 0.183. The third-order valence-corrected chi connectivity index (χ3v) is 5.17. The van der Waals surface area contributed by atoms with Crippen LogP contribution in [0.2, 0.25) is 0 Å². The van der Waals surface area contributed by atoms with Gasteiger partial charge < -0.3 is 0 Å². The molecule has 0 nitrogen and oxygen atoms in total. The number of fused-ring (bicyclic) bond motifs is 3. The molecule has 0 saturated heterocycles. The maximum absolute atomic E-state index is 13.6. The molecule has 22 heavy (non-hydrogen) atoms. The first-order chi connectivity index (χ1) is 10.7. The summed E-state index contributed by atoms with van der Waals surface area (Å²) in [4.78, 5) is 0. The van der Waals surface area contributed by atoms with Crippen LogP contribution in [0.1, 0.15) is 22.6 Å². The largest absolute Gasteiger partial charge is 0.207 e. The number of hydrogen-bond donors (Lipinski definition) is 0. The molecule has 0 heterocycles. The minimum atomic E-state index is -0.183. The van der Waals surface area contributed by atoms with Crippen LogP contribution in [0.5, 0.6) is 0 Å². The highest BCUT2D eigenvalue weighted by Crippen LogP contribution is 2.46. The molecule has 0 atom stereocenters. The van der Waals surface area contributed by atoms with Gasteiger partial charge in [-0.05, 0) is 52.4 Å². The van der Waals surface area contributed by atoms with Crippen molar-refractivity contribution < 1.29 is 4.39 Å². The van der Waals surface area contributed by atoms with Gasteiger partial charge in [0.1, 0.15) is 5.82 Å². The number of benzene rings is 3. The lowest BCUT2D eigenvalue weighted by Crippen LogP contribution is -2.02. The first-order valence-electron chi connectivity index (χ1n) is 7.36. The summed E-state index contributed by atoms with van der Waals surface area (Å²) in [5, 5.41) is 0. The zero-order valence-electron chi connectivity index (χ0n) is 11.9. The van der Waals surface area contributed by atoms with Crippen LogP contribution in [0.4, 0.5) is 4.39 Å². The zero-order valence-corrected chi connectivity index (χ0v) is 13.5. The Kier molecular flexibility index (Phi) is 3.34. The van der Waals surface area contributed by atoms with Crippen LogP contribution in [0.15, 0.2) is 71.2 Å². The van der Waals surface area contributed by atoms with E-state index in [0.717, 1.165) is 16.5 Å². The van der Waals surface area contributed by atoms with E-state index in [4.69, 9.17) is 0 Å². The smallest absolute Gasteiger partial charge is 0.123 e. The molecule has 2 heteroatoms. The molecule has 0 unspecified atom stereocenters. The molecule has 0 aromatic heterocycles. The van der Waals surface area contributed by atoms with E-state index >= 15 is 0 Å². The van der Waals surface area contributed by atoms with E-state index < -0.39 is 0 Å². The van der Waals surface area contributed by atoms with E-state index in [2.05, 4.69) is 64.5 Å². The van der Waals surface area contributed by atoms with Gasteiger partial charge >= 0.3 is 0 Å². The lowest BCUT2D eigenvalue weighted by Gasteiger charge is -2.15. The summed E-state index contributed by atoms with van der Waals surface area (Å²) in [7, 11) is 0. The van der Waals surface area contributed by atoms with Crippen LogP contribution in [0.25, 0.3) is 11.1 Å². The summed E-state index contributed by atoms with van der Waals surface area (Å²) in [6.45, 7) is 0. The molecule has 0 aliphatic heterocycles. The molecule has 0 radical (unpaired) electrons. The second-order valence-electron chi connectivity index (χ2n) is 5.67. The van der Waals surface area contributed by atoms with Crippen molar-refractivity contribution in [1.82, 2.24) is 0 Å². The Morgan fingerprint density at radius 3 is 2.05 bits per heavy atom. The van der Waals surface area contributed by atoms with Gasteiger partial charge in [-0.2, -0.15) is 0 Å². The Morgan fingerprint density at radius 2 is 1.41 bits per heavy atom. The summed E-state index contributed by atoms with van der Waals surface area (Å²) < 4.78 is 14.6. The normalized spacial score (nSPS) is 13.0. The van der Waals surface area contributed by atoms with E-state index in [1.54, 1.807) is 12.1 Å². The average Bonchev–Trinajstić information content (AvgIpc) is 2.86. The van der Waals surface area contributed by atoms with Crippen LogP contribution in [-0.2, 0) is 6.42 Å². The van der Waals surface area contributed by atoms with Crippen LogP contribution in [0, 0.1) is 5.82 Å². The third kappa shape index (κ3) is 2.19. The van der Waals surface area contributed by atoms with Crippen LogP contribution < -0.4 is 0 Å². The zero-order chi connectivity index (χ0) is 15.1. The summed E-state index contributed by atoms with van der Waals surface area (Å²) in [6.07, 6.45) is 0.798. The third-order valence-electron chi connectivity index (χ3n) is 4.39. The SMILES string of the molecule is Fc1ccc(Br)c(CC2c3ccccc3-c3ccccc32)c1. The molecule has 3 aromatic carbocycles. The molecule has 0 N–H and O–H groups in total. The van der Waals surface area contributed by atoms with Gasteiger partial charge in [0.25, 0.3) is 0 Å². The Hall–Kier alpha value is -1.93. The topological polar surface area (TPSA) is 0 Å². The van der Waals surface area contributed by atoms with Crippen molar-refractivity contribution >= 4 is 15.9 Å². The Morgan fingerprint density at radius 1 is 0.818 bits per heavy atom. The fourth-order valence-corrected chi connectivity index (χ4v) is 3.81. The fourth-order valence-electron chi connectivity index (χ4n) is 3.40. The highest BCUT2D eigenvalue weighted by Gasteiger charge is 2.28. The number of halogens is 2. The van der Waals surface area contributed by atoms with Crippen LogP contribution >= 0.6 is 15.9 Å². The van der Waals surface area contributed by atoms with E-state index in [9.17, 15) is 4.39 Å². The molecule has 0 bridgehead atoms. The average molecular weight is 353 g/mol. The quantitative estimate of drug-likeness (QED) is 0.535. The molecule has 108 valence electrons. The maximum atomic E-state index is 13.6. The predicted molar refractivity (Wildman–Crippen MR) is 91.5 cm³/mol. The molecule has 0 spiro atoms. The van der Waals surface area contributed by atoms with Gasteiger partial charge in [-0.1, -0.05) is 64.5 Å². The van der Waals surface area contributed by atoms with Crippen molar-refractivity contribution in [3.05, 3.63) is 93.7 Å². The van der Waals surface area contributed by atoms with Crippen molar-refractivity contribution in [3.8, 4) is 11.1 Å². The van der Waals surface area contributed by atoms with Crippen molar-refractivity contribution in [2.75, 3.05) is 0 Å². The van der Waals surface area contributed by atoms with Crippen molar-refractivity contribution in [2.45, 2.75) is 12.3 Å². The van der Waals surface area contributed by atoms with Gasteiger partial charge in [0.2, 0.25) is 0 Å². The van der Waals surface area contributed by atoms with E-state index in [1.807, 2.05) is 0 Å². The van der Waals surface area contributed by atoms with E-state index in [-0.39, 0.29) is 11.7 Å².